The molecule has 0 aromatic rings. The Morgan fingerprint density at radius 1 is 1.86 bits per heavy atom. The Morgan fingerprint density at radius 2 is 2.43 bits per heavy atom. The van der Waals surface area contributed by atoms with Crippen molar-refractivity contribution >= 4 is 38.1 Å². The summed E-state index contributed by atoms with van der Waals surface area (Å²) in [6.07, 6.45) is 2.05. The van der Waals surface area contributed by atoms with Crippen molar-refractivity contribution < 1.29 is 4.79 Å². The van der Waals surface area contributed by atoms with Crippen molar-refractivity contribution in [2.24, 2.45) is 0 Å². The maximum atomic E-state index is 9.56. The highest BCUT2D eigenvalue weighted by Gasteiger charge is 1.84. The van der Waals surface area contributed by atoms with Crippen molar-refractivity contribution in [3.63, 3.8) is 0 Å². The first-order valence-electron chi connectivity index (χ1n) is 1.61. The fourth-order valence-corrected chi connectivity index (χ4v) is 0.384. The minimum absolute atomic E-state index is 0.325. The van der Waals surface area contributed by atoms with E-state index in [9.17, 15) is 4.79 Å². The third-order valence-electron chi connectivity index (χ3n) is 0.359. The van der Waals surface area contributed by atoms with Gasteiger partial charge in [0.25, 0.3) is 0 Å². The molecule has 0 N–H and O–H groups in total. The van der Waals surface area contributed by atoms with Crippen LogP contribution in [0, 0.1) is 0 Å². The van der Waals surface area contributed by atoms with E-state index in [1.165, 1.54) is 0 Å². The standard InChI is InChI=1S/C4H3Br2O/c5-3-4(6)1-2-7/h3H,1H2. The molecule has 0 aromatic heterocycles. The van der Waals surface area contributed by atoms with Gasteiger partial charge in [-0.1, -0.05) is 31.9 Å². The van der Waals surface area contributed by atoms with Crippen LogP contribution in [0.2, 0.25) is 0 Å². The number of hydrogen-bond donors (Lipinski definition) is 0. The summed E-state index contributed by atoms with van der Waals surface area (Å²) in [6, 6.07) is 0. The molecule has 7 heavy (non-hydrogen) atoms. The van der Waals surface area contributed by atoms with Crippen molar-refractivity contribution in [1.82, 2.24) is 0 Å². The van der Waals surface area contributed by atoms with Crippen LogP contribution in [-0.2, 0) is 4.79 Å². The van der Waals surface area contributed by atoms with Crippen LogP contribution in [0.3, 0.4) is 0 Å². The van der Waals surface area contributed by atoms with Crippen molar-refractivity contribution in [3.05, 3.63) is 9.47 Å². The Labute approximate surface area is 59.0 Å². The monoisotopic (exact) mass is 225 g/mol. The minimum Gasteiger partial charge on any atom is -0.290 e. The highest BCUT2D eigenvalue weighted by Crippen LogP contribution is 2.09. The number of halogens is 2. The second-order valence-electron chi connectivity index (χ2n) is 0.877. The van der Waals surface area contributed by atoms with Crippen LogP contribution >= 0.6 is 31.9 Å². The van der Waals surface area contributed by atoms with Crippen LogP contribution in [0.15, 0.2) is 9.47 Å². The molecule has 0 unspecified atom stereocenters. The van der Waals surface area contributed by atoms with Crippen LogP contribution in [0.4, 0.5) is 0 Å². The predicted molar refractivity (Wildman–Crippen MR) is 36.2 cm³/mol. The number of allylic oxidation sites excluding steroid dienone is 1. The van der Waals surface area contributed by atoms with Gasteiger partial charge in [0.05, 0.1) is 0 Å². The van der Waals surface area contributed by atoms with Gasteiger partial charge in [-0.2, -0.15) is 0 Å². The van der Waals surface area contributed by atoms with Gasteiger partial charge in [0.2, 0.25) is 6.29 Å². The topological polar surface area (TPSA) is 17.1 Å². The first-order chi connectivity index (χ1) is 3.31. The molecule has 0 aliphatic carbocycles. The van der Waals surface area contributed by atoms with Crippen molar-refractivity contribution in [2.45, 2.75) is 6.42 Å². The number of carbonyl (C=O) groups excluding carboxylic acids is 1. The van der Waals surface area contributed by atoms with Crippen LogP contribution in [0.1, 0.15) is 6.42 Å². The lowest BCUT2D eigenvalue weighted by Crippen LogP contribution is -1.68. The molecule has 0 bridgehead atoms. The lowest BCUT2D eigenvalue weighted by Gasteiger charge is -1.79. The first kappa shape index (κ1) is 7.37. The number of rotatable bonds is 2. The lowest BCUT2D eigenvalue weighted by atomic mass is 10.5. The fraction of sp³-hybridized carbons (Fsp3) is 0.250. The molecule has 0 heterocycles. The summed E-state index contributed by atoms with van der Waals surface area (Å²) in [6.45, 7) is 0. The second kappa shape index (κ2) is 4.53. The average Bonchev–Trinajstić information content (AvgIpc) is 1.68. The molecule has 39 valence electrons. The van der Waals surface area contributed by atoms with Crippen LogP contribution in [0.25, 0.3) is 0 Å². The van der Waals surface area contributed by atoms with E-state index in [1.54, 1.807) is 11.3 Å². The van der Waals surface area contributed by atoms with Crippen molar-refractivity contribution in [1.29, 1.82) is 0 Å². The zero-order valence-corrected chi connectivity index (χ0v) is 6.62. The van der Waals surface area contributed by atoms with E-state index in [4.69, 9.17) is 0 Å². The zero-order chi connectivity index (χ0) is 5.70. The van der Waals surface area contributed by atoms with Gasteiger partial charge < -0.3 is 0 Å². The summed E-state index contributed by atoms with van der Waals surface area (Å²) >= 11 is 6.12. The van der Waals surface area contributed by atoms with Crippen molar-refractivity contribution in [3.8, 4) is 0 Å². The largest absolute Gasteiger partial charge is 0.290 e. The predicted octanol–water partition coefficient (Wildman–Crippen LogP) is 2.12. The third kappa shape index (κ3) is 4.22. The molecule has 0 aromatic carbocycles. The lowest BCUT2D eigenvalue weighted by molar-refractivity contribution is 0.556. The molecule has 0 atom stereocenters. The summed E-state index contributed by atoms with van der Waals surface area (Å²) in [5.74, 6) is 0. The Bertz CT molecular complexity index is 87.7. The van der Waals surface area contributed by atoms with Gasteiger partial charge in [-0.05, 0) is 4.99 Å². The van der Waals surface area contributed by atoms with Gasteiger partial charge in [0, 0.05) is 10.9 Å². The van der Waals surface area contributed by atoms with E-state index in [0.717, 1.165) is 4.48 Å². The highest BCUT2D eigenvalue weighted by molar-refractivity contribution is 9.14. The van der Waals surface area contributed by atoms with Crippen molar-refractivity contribution in [2.75, 3.05) is 0 Å². The maximum Gasteiger partial charge on any atom is 0.203 e. The molecule has 0 spiro atoms. The first-order valence-corrected chi connectivity index (χ1v) is 3.32. The Kier molecular flexibility index (Phi) is 4.77. The fourth-order valence-electron chi connectivity index (χ4n) is 0.108. The van der Waals surface area contributed by atoms with E-state index < -0.39 is 0 Å². The quantitative estimate of drug-likeness (QED) is 0.705. The molecule has 1 nitrogen and oxygen atoms in total. The second-order valence-corrected chi connectivity index (χ2v) is 2.35. The molecule has 0 saturated carbocycles. The summed E-state index contributed by atoms with van der Waals surface area (Å²) in [4.78, 5) is 11.2. The van der Waals surface area contributed by atoms with E-state index in [2.05, 4.69) is 31.9 Å². The molecule has 0 aliphatic heterocycles. The maximum absolute atomic E-state index is 9.56. The Balaban J connectivity index is 3.36. The Hall–Kier alpha value is 0.370. The van der Waals surface area contributed by atoms with Gasteiger partial charge in [-0.3, -0.25) is 4.79 Å². The minimum atomic E-state index is 0.325. The van der Waals surface area contributed by atoms with E-state index in [0.29, 0.717) is 6.42 Å². The zero-order valence-electron chi connectivity index (χ0n) is 3.45. The summed E-state index contributed by atoms with van der Waals surface area (Å²) in [7, 11) is 0. The van der Waals surface area contributed by atoms with Crippen LogP contribution < -0.4 is 0 Å². The Morgan fingerprint density at radius 3 is 2.57 bits per heavy atom. The highest BCUT2D eigenvalue weighted by atomic mass is 79.9. The molecular formula is C4H3Br2O. The van der Waals surface area contributed by atoms with Gasteiger partial charge in [0.1, 0.15) is 0 Å². The summed E-state index contributed by atoms with van der Waals surface area (Å²) in [5.41, 5.74) is 0. The molecule has 0 amide bonds. The summed E-state index contributed by atoms with van der Waals surface area (Å²) < 4.78 is 0.808. The van der Waals surface area contributed by atoms with Gasteiger partial charge in [0.15, 0.2) is 0 Å². The molecule has 0 aliphatic rings. The van der Waals surface area contributed by atoms with E-state index in [1.807, 2.05) is 0 Å². The molecule has 0 fully saturated rings. The smallest absolute Gasteiger partial charge is 0.203 e. The average molecular weight is 227 g/mol. The van der Waals surface area contributed by atoms with Gasteiger partial charge >= 0.3 is 0 Å². The number of hydrogen-bond acceptors (Lipinski definition) is 1. The third-order valence-corrected chi connectivity index (χ3v) is 2.04. The molecule has 3 heteroatoms. The van der Waals surface area contributed by atoms with Gasteiger partial charge in [-0.15, -0.1) is 0 Å². The van der Waals surface area contributed by atoms with E-state index in [-0.39, 0.29) is 0 Å². The van der Waals surface area contributed by atoms with Crippen LogP contribution in [-0.4, -0.2) is 6.29 Å². The molecule has 0 rings (SSSR count). The van der Waals surface area contributed by atoms with Crippen LogP contribution in [0.5, 0.6) is 0 Å². The van der Waals surface area contributed by atoms with E-state index >= 15 is 0 Å². The molecular weight excluding hydrogens is 224 g/mol. The SMILES string of the molecule is O=[C]CC(Br)=CBr. The summed E-state index contributed by atoms with van der Waals surface area (Å²) in [5, 5.41) is 0. The van der Waals surface area contributed by atoms with Gasteiger partial charge in [-0.25, -0.2) is 0 Å². The molecule has 0 saturated heterocycles. The normalized spacial score (nSPS) is 11.4. The molecule has 1 radical (unpaired) electrons.